The summed E-state index contributed by atoms with van der Waals surface area (Å²) in [5.41, 5.74) is 13.2. The normalized spacial score (nSPS) is 18.6. The van der Waals surface area contributed by atoms with Crippen LogP contribution in [0.15, 0.2) is 110 Å². The van der Waals surface area contributed by atoms with E-state index in [0.29, 0.717) is 43.2 Å². The van der Waals surface area contributed by atoms with Gasteiger partial charge in [-0.1, -0.05) is 104 Å². The zero-order chi connectivity index (χ0) is 38.4. The second-order valence-electron chi connectivity index (χ2n) is 14.8. The van der Waals surface area contributed by atoms with Crippen molar-refractivity contribution in [1.82, 2.24) is 10.2 Å². The second-order valence-corrected chi connectivity index (χ2v) is 14.8. The van der Waals surface area contributed by atoms with Crippen LogP contribution in [0.2, 0.25) is 0 Å². The molecule has 0 radical (unpaired) electrons. The predicted molar refractivity (Wildman–Crippen MR) is 219 cm³/mol. The topological polar surface area (TPSA) is 126 Å². The monoisotopic (exact) mass is 744 g/mol. The molecule has 9 heteroatoms. The molecule has 3 atom stereocenters. The number of unbranched alkanes of at least 4 members (excludes halogenated alkanes) is 2. The van der Waals surface area contributed by atoms with Gasteiger partial charge < -0.3 is 30.9 Å². The van der Waals surface area contributed by atoms with E-state index >= 15 is 0 Å². The van der Waals surface area contributed by atoms with Gasteiger partial charge in [-0.05, 0) is 71.7 Å². The van der Waals surface area contributed by atoms with E-state index in [1.165, 1.54) is 25.7 Å². The van der Waals surface area contributed by atoms with Crippen LogP contribution in [0.1, 0.15) is 98.9 Å². The Balaban J connectivity index is 1.01. The molecule has 0 bridgehead atoms. The number of nitrogens with zero attached hydrogens (tertiary/aromatic N) is 1. The number of rotatable bonds is 18. The fourth-order valence-corrected chi connectivity index (χ4v) is 7.66. The number of hydrogen-bond donors (Lipinski definition) is 4. The Hall–Kier alpha value is -4.80. The summed E-state index contributed by atoms with van der Waals surface area (Å²) in [4.78, 5) is 27.4. The highest BCUT2D eigenvalue weighted by atomic mass is 16.7. The van der Waals surface area contributed by atoms with Crippen molar-refractivity contribution >= 4 is 23.2 Å². The second kappa shape index (κ2) is 20.2. The number of aliphatic hydroxyl groups is 1. The number of carbonyl (C=O) groups is 2. The van der Waals surface area contributed by atoms with Gasteiger partial charge >= 0.3 is 0 Å². The first-order valence-corrected chi connectivity index (χ1v) is 19.8. The Bertz CT molecular complexity index is 1840. The van der Waals surface area contributed by atoms with Gasteiger partial charge in [0.1, 0.15) is 0 Å². The fraction of sp³-hybridized carbons (Fsp3) is 0.391. The number of nitrogens with two attached hydrogens (primary N) is 1. The standard InChI is InChI=1S/C46H56N4O5/c1-2-27-50(39-13-6-7-14-39)31-40-29-43(36-21-19-33(32-51)20-22-36)55-46(54-40)37-25-23-35(24-26-37)38-12-10-11-34(28-38)30-48-44(52)17-4-3-5-18-45(53)49-42-16-9-8-15-41(42)47/h2,8-12,15-16,19-26,28,39-40,43,46,51H,1,3-7,13-14,17-18,27,29-32,47H2,(H,48,52)(H,49,53)/t40-,43+,46+/m0/s1. The molecule has 1 saturated heterocycles. The molecule has 55 heavy (non-hydrogen) atoms. The highest BCUT2D eigenvalue weighted by Gasteiger charge is 2.34. The zero-order valence-corrected chi connectivity index (χ0v) is 31.8. The number of para-hydroxylation sites is 2. The molecule has 0 unspecified atom stereocenters. The number of hydrogen-bond acceptors (Lipinski definition) is 7. The van der Waals surface area contributed by atoms with Crippen LogP contribution in [-0.2, 0) is 32.2 Å². The highest BCUT2D eigenvalue weighted by molar-refractivity contribution is 5.93. The molecular weight excluding hydrogens is 689 g/mol. The molecule has 0 aromatic heterocycles. The van der Waals surface area contributed by atoms with Crippen molar-refractivity contribution in [2.75, 3.05) is 24.1 Å². The van der Waals surface area contributed by atoms with Crippen molar-refractivity contribution in [2.45, 2.75) is 102 Å². The third-order valence-corrected chi connectivity index (χ3v) is 10.7. The Morgan fingerprint density at radius 3 is 2.27 bits per heavy atom. The Morgan fingerprint density at radius 2 is 1.55 bits per heavy atom. The molecule has 1 aliphatic carbocycles. The molecule has 9 nitrogen and oxygen atoms in total. The van der Waals surface area contributed by atoms with Crippen LogP contribution < -0.4 is 16.4 Å². The molecule has 5 N–H and O–H groups in total. The lowest BCUT2D eigenvalue weighted by Gasteiger charge is -2.39. The Kier molecular flexibility index (Phi) is 14.7. The summed E-state index contributed by atoms with van der Waals surface area (Å²) in [6, 6.07) is 32.4. The fourth-order valence-electron chi connectivity index (χ4n) is 7.66. The zero-order valence-electron chi connectivity index (χ0n) is 31.8. The van der Waals surface area contributed by atoms with Crippen LogP contribution in [-0.4, -0.2) is 47.1 Å². The van der Waals surface area contributed by atoms with E-state index in [0.717, 1.165) is 65.7 Å². The summed E-state index contributed by atoms with van der Waals surface area (Å²) in [5, 5.41) is 15.5. The third-order valence-electron chi connectivity index (χ3n) is 10.7. The van der Waals surface area contributed by atoms with Crippen LogP contribution in [0.5, 0.6) is 0 Å². The van der Waals surface area contributed by atoms with E-state index in [9.17, 15) is 14.7 Å². The van der Waals surface area contributed by atoms with Gasteiger partial charge in [-0.25, -0.2) is 0 Å². The number of benzene rings is 4. The minimum absolute atomic E-state index is 0.000511. The van der Waals surface area contributed by atoms with Crippen molar-refractivity contribution in [1.29, 1.82) is 0 Å². The van der Waals surface area contributed by atoms with E-state index in [-0.39, 0.29) is 30.6 Å². The summed E-state index contributed by atoms with van der Waals surface area (Å²) in [5.74, 6) is -0.0716. The molecule has 0 spiro atoms. The van der Waals surface area contributed by atoms with Crippen molar-refractivity contribution in [3.05, 3.63) is 132 Å². The summed E-state index contributed by atoms with van der Waals surface area (Å²) in [7, 11) is 0. The first-order chi connectivity index (χ1) is 26.9. The van der Waals surface area contributed by atoms with E-state index in [2.05, 4.69) is 70.6 Å². The molecule has 6 rings (SSSR count). The quantitative estimate of drug-likeness (QED) is 0.0457. The van der Waals surface area contributed by atoms with Gasteiger partial charge in [0.15, 0.2) is 6.29 Å². The average molecular weight is 745 g/mol. The lowest BCUT2D eigenvalue weighted by Crippen LogP contribution is -2.43. The molecule has 2 amide bonds. The van der Waals surface area contributed by atoms with E-state index in [1.807, 2.05) is 42.5 Å². The number of nitrogens with one attached hydrogen (secondary N) is 2. The Morgan fingerprint density at radius 1 is 0.818 bits per heavy atom. The van der Waals surface area contributed by atoms with E-state index in [4.69, 9.17) is 15.2 Å². The number of amides is 2. The van der Waals surface area contributed by atoms with Crippen molar-refractivity contribution in [3.8, 4) is 11.1 Å². The lowest BCUT2D eigenvalue weighted by molar-refractivity contribution is -0.253. The number of aliphatic hydroxyl groups excluding tert-OH is 1. The van der Waals surface area contributed by atoms with Gasteiger partial charge in [0.05, 0.1) is 30.2 Å². The molecule has 290 valence electrons. The van der Waals surface area contributed by atoms with E-state index in [1.54, 1.807) is 12.1 Å². The molecular formula is C46H56N4O5. The SMILES string of the molecule is C=CCN(C[C@@H]1C[C@H](c2ccc(CO)cc2)O[C@H](c2ccc(-c3cccc(CNC(=O)CCCCCC(=O)Nc4ccccc4N)c3)cc2)O1)C1CCCC1. The van der Waals surface area contributed by atoms with Crippen molar-refractivity contribution in [2.24, 2.45) is 0 Å². The van der Waals surface area contributed by atoms with Gasteiger partial charge in [-0.15, -0.1) is 6.58 Å². The minimum Gasteiger partial charge on any atom is -0.397 e. The van der Waals surface area contributed by atoms with Crippen LogP contribution in [0.25, 0.3) is 11.1 Å². The molecule has 4 aromatic carbocycles. The number of anilines is 2. The predicted octanol–water partition coefficient (Wildman–Crippen LogP) is 8.61. The molecule has 2 aliphatic rings. The number of ether oxygens (including phenoxy) is 2. The third kappa shape index (κ3) is 11.6. The maximum absolute atomic E-state index is 12.6. The van der Waals surface area contributed by atoms with Gasteiger partial charge in [-0.2, -0.15) is 0 Å². The average Bonchev–Trinajstić information content (AvgIpc) is 3.76. The van der Waals surface area contributed by atoms with Gasteiger partial charge in [0, 0.05) is 50.5 Å². The van der Waals surface area contributed by atoms with Crippen LogP contribution in [0.3, 0.4) is 0 Å². The molecule has 2 fully saturated rings. The van der Waals surface area contributed by atoms with Gasteiger partial charge in [0.25, 0.3) is 0 Å². The molecule has 1 heterocycles. The lowest BCUT2D eigenvalue weighted by atomic mass is 9.98. The maximum atomic E-state index is 12.6. The van der Waals surface area contributed by atoms with Crippen LogP contribution in [0, 0.1) is 0 Å². The molecule has 4 aromatic rings. The Labute approximate surface area is 325 Å². The maximum Gasteiger partial charge on any atom is 0.224 e. The molecule has 1 saturated carbocycles. The number of carbonyl (C=O) groups excluding carboxylic acids is 2. The molecule has 1 aliphatic heterocycles. The van der Waals surface area contributed by atoms with Crippen LogP contribution in [0.4, 0.5) is 11.4 Å². The van der Waals surface area contributed by atoms with E-state index < -0.39 is 6.29 Å². The summed E-state index contributed by atoms with van der Waals surface area (Å²) in [6.45, 7) is 6.17. The smallest absolute Gasteiger partial charge is 0.224 e. The van der Waals surface area contributed by atoms with Gasteiger partial charge in [-0.3, -0.25) is 14.5 Å². The van der Waals surface area contributed by atoms with Crippen LogP contribution >= 0.6 is 0 Å². The first kappa shape index (κ1) is 39.9. The summed E-state index contributed by atoms with van der Waals surface area (Å²) in [6.07, 6.45) is 10.1. The highest BCUT2D eigenvalue weighted by Crippen LogP contribution is 2.39. The van der Waals surface area contributed by atoms with Gasteiger partial charge in [0.2, 0.25) is 11.8 Å². The summed E-state index contributed by atoms with van der Waals surface area (Å²) >= 11 is 0. The van der Waals surface area contributed by atoms with Crippen molar-refractivity contribution < 1.29 is 24.2 Å². The largest absolute Gasteiger partial charge is 0.397 e. The summed E-state index contributed by atoms with van der Waals surface area (Å²) < 4.78 is 13.3. The van der Waals surface area contributed by atoms with Crippen molar-refractivity contribution in [3.63, 3.8) is 0 Å². The number of nitrogen functional groups attached to an aromatic ring is 1. The minimum atomic E-state index is -0.517. The first-order valence-electron chi connectivity index (χ1n) is 19.8.